The summed E-state index contributed by atoms with van der Waals surface area (Å²) in [6.07, 6.45) is -4.43. The zero-order chi connectivity index (χ0) is 14.0. The van der Waals surface area contributed by atoms with Crippen molar-refractivity contribution in [2.45, 2.75) is 19.6 Å². The SMILES string of the molecule is Cc1nc(CNc2ccc(Br)cc2C(F)(F)F)no1. The van der Waals surface area contributed by atoms with Crippen LogP contribution in [0, 0.1) is 6.92 Å². The molecule has 1 aromatic heterocycles. The van der Waals surface area contributed by atoms with E-state index in [0.717, 1.165) is 6.07 Å². The lowest BCUT2D eigenvalue weighted by Gasteiger charge is -2.14. The summed E-state index contributed by atoms with van der Waals surface area (Å²) >= 11 is 3.02. The molecule has 0 radical (unpaired) electrons. The lowest BCUT2D eigenvalue weighted by molar-refractivity contribution is -0.137. The smallest absolute Gasteiger partial charge is 0.377 e. The first-order valence-corrected chi connectivity index (χ1v) is 6.05. The molecule has 0 bridgehead atoms. The van der Waals surface area contributed by atoms with Gasteiger partial charge in [0.2, 0.25) is 5.89 Å². The Morgan fingerprint density at radius 1 is 1.37 bits per heavy atom. The number of rotatable bonds is 3. The molecule has 19 heavy (non-hydrogen) atoms. The average Bonchev–Trinajstić information content (AvgIpc) is 2.72. The summed E-state index contributed by atoms with van der Waals surface area (Å²) in [7, 11) is 0. The molecule has 1 N–H and O–H groups in total. The molecular weight excluding hydrogens is 327 g/mol. The standard InChI is InChI=1S/C11H9BrF3N3O/c1-6-17-10(18-19-6)5-16-9-3-2-7(12)4-8(9)11(13,14)15/h2-4,16H,5H2,1H3. The van der Waals surface area contributed by atoms with Crippen molar-refractivity contribution in [2.75, 3.05) is 5.32 Å². The zero-order valence-electron chi connectivity index (χ0n) is 9.75. The van der Waals surface area contributed by atoms with E-state index in [9.17, 15) is 13.2 Å². The number of aromatic nitrogens is 2. The normalized spacial score (nSPS) is 11.6. The molecular formula is C11H9BrF3N3O. The number of halogens is 4. The highest BCUT2D eigenvalue weighted by molar-refractivity contribution is 9.10. The number of hydrogen-bond acceptors (Lipinski definition) is 4. The van der Waals surface area contributed by atoms with E-state index in [1.807, 2.05) is 0 Å². The molecule has 102 valence electrons. The molecule has 2 aromatic rings. The largest absolute Gasteiger partial charge is 0.418 e. The molecule has 0 spiro atoms. The van der Waals surface area contributed by atoms with Crippen molar-refractivity contribution in [1.29, 1.82) is 0 Å². The monoisotopic (exact) mass is 335 g/mol. The number of nitrogens with one attached hydrogen (secondary N) is 1. The van der Waals surface area contributed by atoms with Crippen molar-refractivity contribution in [3.8, 4) is 0 Å². The van der Waals surface area contributed by atoms with Crippen molar-refractivity contribution in [3.05, 3.63) is 40.0 Å². The number of anilines is 1. The van der Waals surface area contributed by atoms with Crippen LogP contribution in [0.1, 0.15) is 17.3 Å². The van der Waals surface area contributed by atoms with Gasteiger partial charge in [-0.05, 0) is 18.2 Å². The van der Waals surface area contributed by atoms with E-state index >= 15 is 0 Å². The maximum atomic E-state index is 12.8. The molecule has 1 aromatic carbocycles. The van der Waals surface area contributed by atoms with E-state index in [4.69, 9.17) is 4.52 Å². The molecule has 0 fully saturated rings. The van der Waals surface area contributed by atoms with Gasteiger partial charge < -0.3 is 9.84 Å². The minimum Gasteiger partial charge on any atom is -0.377 e. The fraction of sp³-hybridized carbons (Fsp3) is 0.273. The van der Waals surface area contributed by atoms with Crippen LogP contribution in [0.2, 0.25) is 0 Å². The van der Waals surface area contributed by atoms with Crippen LogP contribution in [-0.2, 0) is 12.7 Å². The molecule has 0 aliphatic carbocycles. The zero-order valence-corrected chi connectivity index (χ0v) is 11.3. The first-order chi connectivity index (χ1) is 8.86. The number of hydrogen-bond donors (Lipinski definition) is 1. The quantitative estimate of drug-likeness (QED) is 0.927. The van der Waals surface area contributed by atoms with Crippen LogP contribution in [0.4, 0.5) is 18.9 Å². The van der Waals surface area contributed by atoms with Crippen LogP contribution in [0.15, 0.2) is 27.2 Å². The van der Waals surface area contributed by atoms with Gasteiger partial charge in [0.05, 0.1) is 12.1 Å². The summed E-state index contributed by atoms with van der Waals surface area (Å²) in [5, 5.41) is 6.25. The first-order valence-electron chi connectivity index (χ1n) is 5.26. The average molecular weight is 336 g/mol. The highest BCUT2D eigenvalue weighted by Crippen LogP contribution is 2.36. The summed E-state index contributed by atoms with van der Waals surface area (Å²) in [5.74, 6) is 0.664. The van der Waals surface area contributed by atoms with Gasteiger partial charge in [0, 0.05) is 17.1 Å². The molecule has 0 aliphatic rings. The van der Waals surface area contributed by atoms with E-state index < -0.39 is 11.7 Å². The molecule has 0 saturated heterocycles. The third kappa shape index (κ3) is 3.46. The Hall–Kier alpha value is -1.57. The Kier molecular flexibility index (Phi) is 3.79. The fourth-order valence-corrected chi connectivity index (χ4v) is 1.85. The Balaban J connectivity index is 2.20. The summed E-state index contributed by atoms with van der Waals surface area (Å²) in [5.41, 5.74) is -0.778. The topological polar surface area (TPSA) is 51.0 Å². The van der Waals surface area contributed by atoms with Crippen molar-refractivity contribution in [1.82, 2.24) is 10.1 Å². The molecule has 4 nitrogen and oxygen atoms in total. The van der Waals surface area contributed by atoms with Crippen LogP contribution >= 0.6 is 15.9 Å². The van der Waals surface area contributed by atoms with Gasteiger partial charge in [-0.25, -0.2) is 0 Å². The lowest BCUT2D eigenvalue weighted by atomic mass is 10.1. The summed E-state index contributed by atoms with van der Waals surface area (Å²) in [6.45, 7) is 1.67. The van der Waals surface area contributed by atoms with Gasteiger partial charge in [-0.3, -0.25) is 0 Å². The van der Waals surface area contributed by atoms with E-state index in [0.29, 0.717) is 16.2 Å². The second-order valence-electron chi connectivity index (χ2n) is 3.77. The molecule has 0 amide bonds. The van der Waals surface area contributed by atoms with Gasteiger partial charge in [-0.15, -0.1) is 0 Å². The van der Waals surface area contributed by atoms with E-state index in [1.165, 1.54) is 12.1 Å². The second-order valence-corrected chi connectivity index (χ2v) is 4.69. The van der Waals surface area contributed by atoms with Gasteiger partial charge in [-0.2, -0.15) is 18.2 Å². The van der Waals surface area contributed by atoms with Crippen molar-refractivity contribution >= 4 is 21.6 Å². The van der Waals surface area contributed by atoms with E-state index in [2.05, 4.69) is 31.4 Å². The van der Waals surface area contributed by atoms with Gasteiger partial charge in [-0.1, -0.05) is 21.1 Å². The third-order valence-corrected chi connectivity index (χ3v) is 2.79. The van der Waals surface area contributed by atoms with Gasteiger partial charge in [0.1, 0.15) is 0 Å². The number of benzene rings is 1. The third-order valence-electron chi connectivity index (χ3n) is 2.29. The predicted molar refractivity (Wildman–Crippen MR) is 65.5 cm³/mol. The Labute approximate surface area is 115 Å². The summed E-state index contributed by atoms with van der Waals surface area (Å²) in [6, 6.07) is 3.89. The van der Waals surface area contributed by atoms with Crippen LogP contribution < -0.4 is 5.32 Å². The molecule has 1 heterocycles. The maximum Gasteiger partial charge on any atom is 0.418 e. The maximum absolute atomic E-state index is 12.8. The summed E-state index contributed by atoms with van der Waals surface area (Å²) in [4.78, 5) is 3.90. The van der Waals surface area contributed by atoms with E-state index in [-0.39, 0.29) is 12.2 Å². The van der Waals surface area contributed by atoms with Crippen LogP contribution in [0.5, 0.6) is 0 Å². The minimum atomic E-state index is -4.43. The predicted octanol–water partition coefficient (Wildman–Crippen LogP) is 3.77. The second kappa shape index (κ2) is 5.20. The summed E-state index contributed by atoms with van der Waals surface area (Å²) < 4.78 is 43.6. The van der Waals surface area contributed by atoms with Gasteiger partial charge in [0.25, 0.3) is 0 Å². The minimum absolute atomic E-state index is 0.0295. The van der Waals surface area contributed by atoms with Crippen LogP contribution in [0.25, 0.3) is 0 Å². The highest BCUT2D eigenvalue weighted by Gasteiger charge is 2.33. The van der Waals surface area contributed by atoms with E-state index in [1.54, 1.807) is 6.92 Å². The Bertz CT molecular complexity index is 583. The number of aryl methyl sites for hydroxylation is 1. The number of alkyl halides is 3. The number of nitrogens with zero attached hydrogens (tertiary/aromatic N) is 2. The Morgan fingerprint density at radius 2 is 2.11 bits per heavy atom. The van der Waals surface area contributed by atoms with Crippen molar-refractivity contribution < 1.29 is 17.7 Å². The molecule has 0 unspecified atom stereocenters. The van der Waals surface area contributed by atoms with Crippen LogP contribution in [-0.4, -0.2) is 10.1 Å². The molecule has 2 rings (SSSR count). The van der Waals surface area contributed by atoms with Gasteiger partial charge in [0.15, 0.2) is 5.82 Å². The molecule has 0 saturated carbocycles. The Morgan fingerprint density at radius 3 is 2.68 bits per heavy atom. The van der Waals surface area contributed by atoms with Gasteiger partial charge >= 0.3 is 6.18 Å². The van der Waals surface area contributed by atoms with Crippen molar-refractivity contribution in [3.63, 3.8) is 0 Å². The lowest BCUT2D eigenvalue weighted by Crippen LogP contribution is -2.11. The molecule has 0 aliphatic heterocycles. The fourth-order valence-electron chi connectivity index (χ4n) is 1.49. The highest BCUT2D eigenvalue weighted by atomic mass is 79.9. The van der Waals surface area contributed by atoms with Crippen LogP contribution in [0.3, 0.4) is 0 Å². The molecule has 0 atom stereocenters. The van der Waals surface area contributed by atoms with Crippen molar-refractivity contribution in [2.24, 2.45) is 0 Å². The first kappa shape index (κ1) is 13.9. The molecule has 8 heteroatoms.